The highest BCUT2D eigenvalue weighted by Crippen LogP contribution is 2.20. The molecule has 3 rings (SSSR count). The summed E-state index contributed by atoms with van der Waals surface area (Å²) in [5.74, 6) is 1.04. The predicted octanol–water partition coefficient (Wildman–Crippen LogP) is 3.60. The van der Waals surface area contributed by atoms with Gasteiger partial charge in [-0.15, -0.1) is 0 Å². The number of nitrogens with one attached hydrogen (secondary N) is 1. The Kier molecular flexibility index (Phi) is 4.61. The molecule has 0 spiro atoms. The molecule has 0 aliphatic carbocycles. The largest absolute Gasteiger partial charge is 0.469 e. The Labute approximate surface area is 127 Å². The Balaban J connectivity index is 1.48. The molecule has 1 saturated heterocycles. The van der Waals surface area contributed by atoms with E-state index < -0.39 is 0 Å². The minimum atomic E-state index is 0.411. The molecule has 1 unspecified atom stereocenters. The van der Waals surface area contributed by atoms with Gasteiger partial charge < -0.3 is 14.6 Å². The van der Waals surface area contributed by atoms with E-state index in [0.717, 1.165) is 18.7 Å². The molecule has 3 nitrogen and oxygen atoms in total. The molecule has 0 amide bonds. The minimum absolute atomic E-state index is 0.411. The Morgan fingerprint density at radius 3 is 2.57 bits per heavy atom. The summed E-state index contributed by atoms with van der Waals surface area (Å²) in [7, 11) is 0. The molecule has 112 valence electrons. The van der Waals surface area contributed by atoms with Gasteiger partial charge in [0, 0.05) is 37.8 Å². The van der Waals surface area contributed by atoms with E-state index >= 15 is 0 Å². The van der Waals surface area contributed by atoms with Crippen LogP contribution in [0, 0.1) is 0 Å². The number of furan rings is 1. The molecule has 2 aromatic rings. The molecule has 1 fully saturated rings. The van der Waals surface area contributed by atoms with Gasteiger partial charge in [-0.05, 0) is 49.6 Å². The third kappa shape index (κ3) is 3.88. The number of anilines is 1. The summed E-state index contributed by atoms with van der Waals surface area (Å²) in [5, 5.41) is 3.55. The normalized spacial score (nSPS) is 16.3. The molecule has 0 saturated carbocycles. The van der Waals surface area contributed by atoms with Crippen molar-refractivity contribution in [3.8, 4) is 0 Å². The zero-order chi connectivity index (χ0) is 14.5. The quantitative estimate of drug-likeness (QED) is 0.878. The second-order valence-electron chi connectivity index (χ2n) is 5.93. The molecular formula is C18H24N2O. The van der Waals surface area contributed by atoms with Gasteiger partial charge in [0.15, 0.2) is 0 Å². The summed E-state index contributed by atoms with van der Waals surface area (Å²) >= 11 is 0. The first-order valence-corrected chi connectivity index (χ1v) is 7.91. The Hall–Kier alpha value is -1.74. The zero-order valence-electron chi connectivity index (χ0n) is 12.7. The van der Waals surface area contributed by atoms with Crippen molar-refractivity contribution >= 4 is 5.69 Å². The van der Waals surface area contributed by atoms with Crippen LogP contribution in [0.3, 0.4) is 0 Å². The van der Waals surface area contributed by atoms with Crippen LogP contribution in [0.15, 0.2) is 47.1 Å². The standard InChI is InChI=1S/C18H24N2O/c1-15(13-18-5-4-12-21-18)19-14-16-6-8-17(9-7-16)20-10-2-3-11-20/h4-9,12,15,19H,2-3,10-11,13-14H2,1H3. The summed E-state index contributed by atoms with van der Waals surface area (Å²) < 4.78 is 5.38. The molecular weight excluding hydrogens is 260 g/mol. The molecule has 1 atom stereocenters. The van der Waals surface area contributed by atoms with Crippen LogP contribution in [0.5, 0.6) is 0 Å². The molecule has 0 bridgehead atoms. The first-order chi connectivity index (χ1) is 10.3. The van der Waals surface area contributed by atoms with Gasteiger partial charge in [0.2, 0.25) is 0 Å². The van der Waals surface area contributed by atoms with Gasteiger partial charge in [0.1, 0.15) is 5.76 Å². The fraction of sp³-hybridized carbons (Fsp3) is 0.444. The maximum Gasteiger partial charge on any atom is 0.105 e. The van der Waals surface area contributed by atoms with Crippen molar-refractivity contribution in [1.82, 2.24) is 5.32 Å². The number of benzene rings is 1. The Morgan fingerprint density at radius 1 is 1.14 bits per heavy atom. The lowest BCUT2D eigenvalue weighted by Crippen LogP contribution is -2.27. The smallest absolute Gasteiger partial charge is 0.105 e. The second kappa shape index (κ2) is 6.81. The summed E-state index contributed by atoms with van der Waals surface area (Å²) in [4.78, 5) is 2.47. The van der Waals surface area contributed by atoms with Crippen molar-refractivity contribution in [2.24, 2.45) is 0 Å². The maximum absolute atomic E-state index is 5.38. The van der Waals surface area contributed by atoms with Gasteiger partial charge in [0.05, 0.1) is 6.26 Å². The predicted molar refractivity (Wildman–Crippen MR) is 86.6 cm³/mol. The van der Waals surface area contributed by atoms with E-state index in [1.807, 2.05) is 12.1 Å². The highest BCUT2D eigenvalue weighted by molar-refractivity contribution is 5.48. The first kappa shape index (κ1) is 14.2. The fourth-order valence-electron chi connectivity index (χ4n) is 2.89. The lowest BCUT2D eigenvalue weighted by Gasteiger charge is -2.18. The molecule has 1 N–H and O–H groups in total. The molecule has 1 aliphatic rings. The summed E-state index contributed by atoms with van der Waals surface area (Å²) in [6.45, 7) is 5.51. The number of hydrogen-bond donors (Lipinski definition) is 1. The highest BCUT2D eigenvalue weighted by Gasteiger charge is 2.11. The van der Waals surface area contributed by atoms with Crippen molar-refractivity contribution in [3.63, 3.8) is 0 Å². The van der Waals surface area contributed by atoms with Crippen LogP contribution in [-0.2, 0) is 13.0 Å². The third-order valence-corrected chi connectivity index (χ3v) is 4.15. The van der Waals surface area contributed by atoms with Gasteiger partial charge in [-0.2, -0.15) is 0 Å². The molecule has 1 aliphatic heterocycles. The average Bonchev–Trinajstić information content (AvgIpc) is 3.19. The SMILES string of the molecule is CC(Cc1ccco1)NCc1ccc(N2CCCC2)cc1. The van der Waals surface area contributed by atoms with Gasteiger partial charge in [-0.25, -0.2) is 0 Å². The number of nitrogens with zero attached hydrogens (tertiary/aromatic N) is 1. The van der Waals surface area contributed by atoms with Crippen molar-refractivity contribution in [1.29, 1.82) is 0 Å². The van der Waals surface area contributed by atoms with Crippen LogP contribution >= 0.6 is 0 Å². The molecule has 0 radical (unpaired) electrons. The van der Waals surface area contributed by atoms with E-state index in [0.29, 0.717) is 6.04 Å². The fourth-order valence-corrected chi connectivity index (χ4v) is 2.89. The van der Waals surface area contributed by atoms with E-state index in [9.17, 15) is 0 Å². The van der Waals surface area contributed by atoms with Crippen LogP contribution in [0.1, 0.15) is 31.1 Å². The van der Waals surface area contributed by atoms with Crippen LogP contribution in [-0.4, -0.2) is 19.1 Å². The van der Waals surface area contributed by atoms with Crippen LogP contribution in [0.25, 0.3) is 0 Å². The van der Waals surface area contributed by atoms with Crippen molar-refractivity contribution < 1.29 is 4.42 Å². The van der Waals surface area contributed by atoms with Gasteiger partial charge >= 0.3 is 0 Å². The molecule has 1 aromatic carbocycles. The van der Waals surface area contributed by atoms with E-state index in [4.69, 9.17) is 4.42 Å². The van der Waals surface area contributed by atoms with E-state index in [1.54, 1.807) is 6.26 Å². The van der Waals surface area contributed by atoms with Crippen molar-refractivity contribution in [3.05, 3.63) is 54.0 Å². The van der Waals surface area contributed by atoms with E-state index in [-0.39, 0.29) is 0 Å². The topological polar surface area (TPSA) is 28.4 Å². The monoisotopic (exact) mass is 284 g/mol. The summed E-state index contributed by atoms with van der Waals surface area (Å²) in [6, 6.07) is 13.4. The Bertz CT molecular complexity index is 527. The summed E-state index contributed by atoms with van der Waals surface area (Å²) in [5.41, 5.74) is 2.70. The molecule has 3 heteroatoms. The number of rotatable bonds is 6. The molecule has 21 heavy (non-hydrogen) atoms. The average molecular weight is 284 g/mol. The first-order valence-electron chi connectivity index (χ1n) is 7.91. The van der Waals surface area contributed by atoms with Gasteiger partial charge in [-0.3, -0.25) is 0 Å². The lowest BCUT2D eigenvalue weighted by atomic mass is 10.1. The molecule has 1 aromatic heterocycles. The van der Waals surface area contributed by atoms with Gasteiger partial charge in [0.25, 0.3) is 0 Å². The highest BCUT2D eigenvalue weighted by atomic mass is 16.3. The van der Waals surface area contributed by atoms with Crippen molar-refractivity contribution in [2.75, 3.05) is 18.0 Å². The second-order valence-corrected chi connectivity index (χ2v) is 5.93. The summed E-state index contributed by atoms with van der Waals surface area (Å²) in [6.07, 6.45) is 5.32. The van der Waals surface area contributed by atoms with E-state index in [2.05, 4.69) is 41.4 Å². The number of hydrogen-bond acceptors (Lipinski definition) is 3. The van der Waals surface area contributed by atoms with Crippen LogP contribution < -0.4 is 10.2 Å². The molecule has 2 heterocycles. The maximum atomic E-state index is 5.38. The third-order valence-electron chi connectivity index (χ3n) is 4.15. The van der Waals surface area contributed by atoms with Crippen LogP contribution in [0.4, 0.5) is 5.69 Å². The minimum Gasteiger partial charge on any atom is -0.469 e. The zero-order valence-corrected chi connectivity index (χ0v) is 12.7. The van der Waals surface area contributed by atoms with Gasteiger partial charge in [-0.1, -0.05) is 12.1 Å². The Morgan fingerprint density at radius 2 is 1.90 bits per heavy atom. The lowest BCUT2D eigenvalue weighted by molar-refractivity contribution is 0.456. The van der Waals surface area contributed by atoms with Crippen molar-refractivity contribution in [2.45, 2.75) is 38.8 Å². The van der Waals surface area contributed by atoms with Crippen LogP contribution in [0.2, 0.25) is 0 Å². The van der Waals surface area contributed by atoms with E-state index in [1.165, 1.54) is 37.2 Å².